The average molecular weight is 373 g/mol. The fourth-order valence-electron chi connectivity index (χ4n) is 6.16. The third-order valence-electron chi connectivity index (χ3n) is 8.32. The summed E-state index contributed by atoms with van der Waals surface area (Å²) in [5.41, 5.74) is 1.99. The minimum absolute atomic E-state index is 0.236. The van der Waals surface area contributed by atoms with Crippen molar-refractivity contribution in [2.24, 2.45) is 23.2 Å². The second-order valence-electron chi connectivity index (χ2n) is 9.88. The van der Waals surface area contributed by atoms with Crippen molar-refractivity contribution >= 4 is 0 Å². The Hall–Kier alpha value is -0.900. The van der Waals surface area contributed by atoms with Gasteiger partial charge in [-0.05, 0) is 48.9 Å². The average Bonchev–Trinajstić information content (AvgIpc) is 2.69. The molecule has 0 radical (unpaired) electrons. The Morgan fingerprint density at radius 3 is 2.56 bits per heavy atom. The van der Waals surface area contributed by atoms with Gasteiger partial charge in [-0.25, -0.2) is 0 Å². The fourth-order valence-corrected chi connectivity index (χ4v) is 6.16. The van der Waals surface area contributed by atoms with Crippen molar-refractivity contribution in [1.29, 1.82) is 0 Å². The van der Waals surface area contributed by atoms with Crippen LogP contribution in [0.1, 0.15) is 52.0 Å². The summed E-state index contributed by atoms with van der Waals surface area (Å²) in [6, 6.07) is 10.9. The van der Waals surface area contributed by atoms with E-state index in [1.54, 1.807) is 0 Å². The van der Waals surface area contributed by atoms with Gasteiger partial charge in [-0.2, -0.15) is 0 Å². The van der Waals surface area contributed by atoms with Crippen LogP contribution in [0.25, 0.3) is 0 Å². The summed E-state index contributed by atoms with van der Waals surface area (Å²) >= 11 is 0. The standard InChI is InChI=1S/C24H38NO2/c1-19(27-14-11-21-9-10-22-17-23(21)24(22,2)3)25(12-15-26-16-13-25)18-20-7-5-4-6-8-20/h4-8,19,21-23H,9-18H2,1-3H3/q+1/t19-,21?,22-,23?/m0/s1. The molecule has 4 fully saturated rings. The van der Waals surface area contributed by atoms with Gasteiger partial charge in [-0.1, -0.05) is 44.2 Å². The first-order chi connectivity index (χ1) is 13.0. The predicted molar refractivity (Wildman–Crippen MR) is 109 cm³/mol. The summed E-state index contributed by atoms with van der Waals surface area (Å²) in [6.07, 6.45) is 5.81. The van der Waals surface area contributed by atoms with Crippen molar-refractivity contribution in [1.82, 2.24) is 0 Å². The molecule has 1 saturated heterocycles. The van der Waals surface area contributed by atoms with Gasteiger partial charge in [0.25, 0.3) is 0 Å². The first kappa shape index (κ1) is 19.4. The van der Waals surface area contributed by atoms with Crippen LogP contribution in [0.2, 0.25) is 0 Å². The second kappa shape index (κ2) is 7.85. The summed E-state index contributed by atoms with van der Waals surface area (Å²) in [7, 11) is 0. The maximum Gasteiger partial charge on any atom is 0.190 e. The maximum atomic E-state index is 6.51. The van der Waals surface area contributed by atoms with Gasteiger partial charge in [0.15, 0.2) is 6.23 Å². The van der Waals surface area contributed by atoms with E-state index in [1.165, 1.54) is 31.2 Å². The lowest BCUT2D eigenvalue weighted by molar-refractivity contribution is -0.987. The molecule has 3 saturated carbocycles. The Morgan fingerprint density at radius 2 is 1.89 bits per heavy atom. The molecule has 0 spiro atoms. The minimum Gasteiger partial charge on any atom is -0.370 e. The van der Waals surface area contributed by atoms with Crippen LogP contribution in [-0.2, 0) is 16.0 Å². The number of quaternary nitrogens is 1. The van der Waals surface area contributed by atoms with E-state index >= 15 is 0 Å². The van der Waals surface area contributed by atoms with Crippen molar-refractivity contribution in [2.45, 2.75) is 59.2 Å². The molecule has 2 bridgehead atoms. The molecule has 2 unspecified atom stereocenters. The molecular formula is C24H38NO2+. The quantitative estimate of drug-likeness (QED) is 0.637. The van der Waals surface area contributed by atoms with E-state index in [0.717, 1.165) is 61.7 Å². The Bertz CT molecular complexity index is 606. The molecule has 0 aromatic heterocycles. The maximum absolute atomic E-state index is 6.51. The third-order valence-corrected chi connectivity index (χ3v) is 8.32. The largest absolute Gasteiger partial charge is 0.370 e. The molecule has 1 aromatic carbocycles. The van der Waals surface area contributed by atoms with E-state index in [1.807, 2.05) is 0 Å². The van der Waals surface area contributed by atoms with Gasteiger partial charge in [-0.3, -0.25) is 4.48 Å². The molecule has 1 aromatic rings. The van der Waals surface area contributed by atoms with Gasteiger partial charge in [0, 0.05) is 12.5 Å². The summed E-state index contributed by atoms with van der Waals surface area (Å²) in [4.78, 5) is 0. The monoisotopic (exact) mass is 372 g/mol. The van der Waals surface area contributed by atoms with Crippen LogP contribution in [0.3, 0.4) is 0 Å². The van der Waals surface area contributed by atoms with Gasteiger partial charge in [-0.15, -0.1) is 0 Å². The molecule has 3 aliphatic carbocycles. The molecule has 5 rings (SSSR count). The number of benzene rings is 1. The highest BCUT2D eigenvalue weighted by Crippen LogP contribution is 2.61. The molecule has 1 heterocycles. The van der Waals surface area contributed by atoms with Crippen molar-refractivity contribution in [3.63, 3.8) is 0 Å². The van der Waals surface area contributed by atoms with Crippen molar-refractivity contribution in [2.75, 3.05) is 32.9 Å². The predicted octanol–water partition coefficient (Wildman–Crippen LogP) is 4.86. The molecule has 27 heavy (non-hydrogen) atoms. The lowest BCUT2D eigenvalue weighted by atomic mass is 9.45. The molecule has 150 valence electrons. The van der Waals surface area contributed by atoms with E-state index in [0.29, 0.717) is 5.41 Å². The van der Waals surface area contributed by atoms with Crippen LogP contribution in [0, 0.1) is 23.2 Å². The van der Waals surface area contributed by atoms with Crippen LogP contribution < -0.4 is 0 Å². The number of morpholine rings is 1. The van der Waals surface area contributed by atoms with Crippen molar-refractivity contribution < 1.29 is 14.0 Å². The minimum atomic E-state index is 0.236. The molecule has 4 aliphatic rings. The first-order valence-electron chi connectivity index (χ1n) is 11.1. The lowest BCUT2D eigenvalue weighted by Gasteiger charge is -2.60. The number of ether oxygens (including phenoxy) is 2. The zero-order valence-corrected chi connectivity index (χ0v) is 17.5. The molecule has 0 N–H and O–H groups in total. The molecule has 4 atom stereocenters. The number of hydrogen-bond acceptors (Lipinski definition) is 2. The Morgan fingerprint density at radius 1 is 1.15 bits per heavy atom. The van der Waals surface area contributed by atoms with Crippen LogP contribution in [-0.4, -0.2) is 43.6 Å². The molecule has 1 aliphatic heterocycles. The highest BCUT2D eigenvalue weighted by Gasteiger charge is 2.53. The Kier molecular flexibility index (Phi) is 5.64. The van der Waals surface area contributed by atoms with Crippen LogP contribution in [0.15, 0.2) is 30.3 Å². The Labute approximate surface area is 165 Å². The normalized spacial score (nSPS) is 32.5. The summed E-state index contributed by atoms with van der Waals surface area (Å²) < 4.78 is 13.2. The van der Waals surface area contributed by atoms with Crippen LogP contribution >= 0.6 is 0 Å². The third kappa shape index (κ3) is 3.83. The van der Waals surface area contributed by atoms with Gasteiger partial charge in [0.2, 0.25) is 0 Å². The van der Waals surface area contributed by atoms with Gasteiger partial charge in [0.05, 0.1) is 19.8 Å². The van der Waals surface area contributed by atoms with Gasteiger partial charge < -0.3 is 9.47 Å². The van der Waals surface area contributed by atoms with E-state index in [4.69, 9.17) is 9.47 Å². The Balaban J connectivity index is 1.34. The summed E-state index contributed by atoms with van der Waals surface area (Å²) in [5.74, 6) is 2.81. The zero-order chi connectivity index (χ0) is 18.9. The topological polar surface area (TPSA) is 18.5 Å². The molecule has 0 amide bonds. The second-order valence-corrected chi connectivity index (χ2v) is 9.88. The highest BCUT2D eigenvalue weighted by atomic mass is 16.5. The van der Waals surface area contributed by atoms with E-state index in [-0.39, 0.29) is 6.23 Å². The summed E-state index contributed by atoms with van der Waals surface area (Å²) in [6.45, 7) is 13.0. The van der Waals surface area contributed by atoms with Gasteiger partial charge in [0.1, 0.15) is 19.6 Å². The van der Waals surface area contributed by atoms with E-state index in [9.17, 15) is 0 Å². The number of nitrogens with zero attached hydrogens (tertiary/aromatic N) is 1. The van der Waals surface area contributed by atoms with E-state index < -0.39 is 0 Å². The van der Waals surface area contributed by atoms with Crippen LogP contribution in [0.5, 0.6) is 0 Å². The highest BCUT2D eigenvalue weighted by molar-refractivity contribution is 5.13. The molecule has 3 nitrogen and oxygen atoms in total. The molecule has 3 heteroatoms. The zero-order valence-electron chi connectivity index (χ0n) is 17.5. The fraction of sp³-hybridized carbons (Fsp3) is 0.750. The number of rotatable bonds is 7. The summed E-state index contributed by atoms with van der Waals surface area (Å²) in [5, 5.41) is 0. The number of hydrogen-bond donors (Lipinski definition) is 0. The molecular weight excluding hydrogens is 334 g/mol. The SMILES string of the molecule is C[C@H](OCCC1CC[C@H]2CC1C2(C)C)[N+]1(Cc2ccccc2)CCOCC1. The van der Waals surface area contributed by atoms with Gasteiger partial charge >= 0.3 is 0 Å². The van der Waals surface area contributed by atoms with Crippen LogP contribution in [0.4, 0.5) is 0 Å². The first-order valence-corrected chi connectivity index (χ1v) is 11.1. The number of fused-ring (bicyclic) bond motifs is 2. The van der Waals surface area contributed by atoms with E-state index in [2.05, 4.69) is 51.1 Å². The van der Waals surface area contributed by atoms with Crippen molar-refractivity contribution in [3.05, 3.63) is 35.9 Å². The smallest absolute Gasteiger partial charge is 0.190 e. The lowest BCUT2D eigenvalue weighted by Crippen LogP contribution is -2.60. The van der Waals surface area contributed by atoms with Crippen molar-refractivity contribution in [3.8, 4) is 0 Å².